The second-order valence-corrected chi connectivity index (χ2v) is 24.9. The number of hydrogen-bond donors (Lipinski definition) is 0. The Bertz CT molecular complexity index is 1410. The molecule has 0 rings (SSSR count). The summed E-state index contributed by atoms with van der Waals surface area (Å²) in [5.74, 6) is -0.842. The quantitative estimate of drug-likeness (QED) is 0.0261. The van der Waals surface area contributed by atoms with Gasteiger partial charge in [0.15, 0.2) is 6.10 Å². The average Bonchev–Trinajstić information content (AvgIpc) is 3.47. The lowest BCUT2D eigenvalue weighted by molar-refractivity contribution is -0.167. The van der Waals surface area contributed by atoms with Gasteiger partial charge in [-0.25, -0.2) is 0 Å². The van der Waals surface area contributed by atoms with Crippen LogP contribution in [-0.2, 0) is 28.6 Å². The van der Waals surface area contributed by atoms with Crippen LogP contribution in [0, 0.1) is 0 Å². The molecule has 0 saturated carbocycles. The summed E-state index contributed by atoms with van der Waals surface area (Å²) < 4.78 is 17.0. The molecule has 1 atom stereocenters. The van der Waals surface area contributed by atoms with Gasteiger partial charge in [0, 0.05) is 19.3 Å². The second kappa shape index (κ2) is 70.9. The summed E-state index contributed by atoms with van der Waals surface area (Å²) in [6.45, 7) is 6.70. The molecule has 6 nitrogen and oxygen atoms in total. The van der Waals surface area contributed by atoms with Gasteiger partial charge in [-0.15, -0.1) is 0 Å². The molecule has 0 heterocycles. The highest BCUT2D eigenvalue weighted by Crippen LogP contribution is 2.18. The number of allylic oxidation sites excluding steroid dienone is 8. The third kappa shape index (κ3) is 68.2. The summed E-state index contributed by atoms with van der Waals surface area (Å²) >= 11 is 0. The van der Waals surface area contributed by atoms with Gasteiger partial charge >= 0.3 is 17.9 Å². The van der Waals surface area contributed by atoms with Gasteiger partial charge in [-0.1, -0.05) is 345 Å². The highest BCUT2D eigenvalue weighted by molar-refractivity contribution is 5.71. The molecule has 6 heteroatoms. The third-order valence-electron chi connectivity index (χ3n) is 16.6. The minimum Gasteiger partial charge on any atom is -0.462 e. The number of esters is 3. The summed E-state index contributed by atoms with van der Waals surface area (Å²) in [5, 5.41) is 0. The first-order valence-corrected chi connectivity index (χ1v) is 36.6. The van der Waals surface area contributed by atoms with Crippen LogP contribution in [0.25, 0.3) is 0 Å². The van der Waals surface area contributed by atoms with Crippen LogP contribution in [0.15, 0.2) is 48.6 Å². The SMILES string of the molecule is CCCCCCC/C=C\C/C=C\C/C=C\CCCCCCCCCCCCCCCCC(=O)OCC(COC(=O)CCCCCCCCCCCCCCCCCC)OC(=O)CCCCCCCCCCC/C=C\CCCCCCCC. The van der Waals surface area contributed by atoms with Gasteiger partial charge in [-0.2, -0.15) is 0 Å². The number of ether oxygens (including phenoxy) is 3. The second-order valence-electron chi connectivity index (χ2n) is 24.9. The fourth-order valence-corrected chi connectivity index (χ4v) is 11.0. The van der Waals surface area contributed by atoms with Crippen LogP contribution in [0.2, 0.25) is 0 Å². The van der Waals surface area contributed by atoms with E-state index in [2.05, 4.69) is 69.4 Å². The van der Waals surface area contributed by atoms with Crippen LogP contribution >= 0.6 is 0 Å². The molecule has 0 fully saturated rings. The van der Waals surface area contributed by atoms with Crippen molar-refractivity contribution in [1.29, 1.82) is 0 Å². The molecule has 0 N–H and O–H groups in total. The molecule has 0 spiro atoms. The Morgan fingerprint density at radius 1 is 0.244 bits per heavy atom. The van der Waals surface area contributed by atoms with E-state index in [9.17, 15) is 14.4 Å². The lowest BCUT2D eigenvalue weighted by Gasteiger charge is -2.18. The summed E-state index contributed by atoms with van der Waals surface area (Å²) in [6, 6.07) is 0. The van der Waals surface area contributed by atoms with Gasteiger partial charge in [-0.05, 0) is 83.5 Å². The minimum absolute atomic E-state index is 0.0684. The van der Waals surface area contributed by atoms with Crippen molar-refractivity contribution in [1.82, 2.24) is 0 Å². The zero-order valence-corrected chi connectivity index (χ0v) is 55.3. The van der Waals surface area contributed by atoms with E-state index in [0.29, 0.717) is 19.3 Å². The van der Waals surface area contributed by atoms with Gasteiger partial charge in [0.2, 0.25) is 0 Å². The molecular formula is C76H140O6. The number of rotatable bonds is 68. The Hall–Kier alpha value is -2.63. The Kier molecular flexibility index (Phi) is 68.6. The summed E-state index contributed by atoms with van der Waals surface area (Å²) in [7, 11) is 0. The topological polar surface area (TPSA) is 78.9 Å². The standard InChI is InChI=1S/C76H140O6/c1-4-7-10-13-16-19-22-25-28-31-33-34-35-36-37-38-39-40-41-42-44-45-48-51-54-57-60-63-66-69-75(78)81-72-73(71-80-74(77)68-65-62-59-56-53-50-47-30-27-24-21-18-15-12-9-6-3)82-76(79)70-67-64-61-58-55-52-49-46-43-32-29-26-23-20-17-14-11-8-5-2/h22,25-26,29,31,33,35-36,73H,4-21,23-24,27-28,30,32,34,37-72H2,1-3H3/b25-22-,29-26-,33-31-,36-35-. The van der Waals surface area contributed by atoms with Gasteiger partial charge in [0.1, 0.15) is 13.2 Å². The molecule has 0 aromatic rings. The largest absolute Gasteiger partial charge is 0.462 e. The zero-order chi connectivity index (χ0) is 59.2. The van der Waals surface area contributed by atoms with Crippen molar-refractivity contribution in [2.75, 3.05) is 13.2 Å². The first kappa shape index (κ1) is 79.4. The molecular weight excluding hydrogens is 1010 g/mol. The van der Waals surface area contributed by atoms with E-state index in [0.717, 1.165) is 70.6 Å². The monoisotopic (exact) mass is 1150 g/mol. The maximum atomic E-state index is 13.0. The van der Waals surface area contributed by atoms with Crippen molar-refractivity contribution in [2.45, 2.75) is 406 Å². The average molecular weight is 1150 g/mol. The Morgan fingerprint density at radius 2 is 0.439 bits per heavy atom. The molecule has 0 bridgehead atoms. The number of carbonyl (C=O) groups is 3. The minimum atomic E-state index is -0.773. The number of carbonyl (C=O) groups excluding carboxylic acids is 3. The molecule has 0 aliphatic rings. The van der Waals surface area contributed by atoms with E-state index in [1.165, 1.54) is 289 Å². The molecule has 0 aliphatic carbocycles. The van der Waals surface area contributed by atoms with Crippen molar-refractivity contribution < 1.29 is 28.6 Å². The van der Waals surface area contributed by atoms with Crippen molar-refractivity contribution in [3.63, 3.8) is 0 Å². The lowest BCUT2D eigenvalue weighted by atomic mass is 10.0. The molecule has 0 aromatic carbocycles. The third-order valence-corrected chi connectivity index (χ3v) is 16.6. The molecule has 0 aliphatic heterocycles. The molecule has 0 aromatic heterocycles. The predicted octanol–water partition coefficient (Wildman–Crippen LogP) is 25.3. The molecule has 82 heavy (non-hydrogen) atoms. The van der Waals surface area contributed by atoms with Crippen molar-refractivity contribution in [3.8, 4) is 0 Å². The van der Waals surface area contributed by atoms with Crippen LogP contribution in [0.3, 0.4) is 0 Å². The first-order chi connectivity index (χ1) is 40.5. The smallest absolute Gasteiger partial charge is 0.306 e. The van der Waals surface area contributed by atoms with Gasteiger partial charge in [0.05, 0.1) is 0 Å². The van der Waals surface area contributed by atoms with Crippen molar-refractivity contribution in [2.24, 2.45) is 0 Å². The van der Waals surface area contributed by atoms with Gasteiger partial charge in [-0.3, -0.25) is 14.4 Å². The van der Waals surface area contributed by atoms with Gasteiger partial charge in [0.25, 0.3) is 0 Å². The Balaban J connectivity index is 4.25. The summed E-state index contributed by atoms with van der Waals surface area (Å²) in [4.78, 5) is 38.5. The number of unbranched alkanes of at least 4 members (excludes halogenated alkanes) is 49. The van der Waals surface area contributed by atoms with Crippen LogP contribution in [-0.4, -0.2) is 37.2 Å². The van der Waals surface area contributed by atoms with E-state index in [1.54, 1.807) is 0 Å². The highest BCUT2D eigenvalue weighted by atomic mass is 16.6. The van der Waals surface area contributed by atoms with Crippen molar-refractivity contribution in [3.05, 3.63) is 48.6 Å². The zero-order valence-electron chi connectivity index (χ0n) is 55.3. The van der Waals surface area contributed by atoms with E-state index in [4.69, 9.17) is 14.2 Å². The predicted molar refractivity (Wildman–Crippen MR) is 358 cm³/mol. The van der Waals surface area contributed by atoms with Crippen LogP contribution < -0.4 is 0 Å². The lowest BCUT2D eigenvalue weighted by Crippen LogP contribution is -2.30. The maximum Gasteiger partial charge on any atom is 0.306 e. The number of hydrogen-bond acceptors (Lipinski definition) is 6. The van der Waals surface area contributed by atoms with E-state index in [-0.39, 0.29) is 31.1 Å². The maximum absolute atomic E-state index is 13.0. The van der Waals surface area contributed by atoms with Crippen LogP contribution in [0.4, 0.5) is 0 Å². The first-order valence-electron chi connectivity index (χ1n) is 36.6. The molecule has 0 radical (unpaired) electrons. The molecule has 1 unspecified atom stereocenters. The fourth-order valence-electron chi connectivity index (χ4n) is 11.0. The van der Waals surface area contributed by atoms with Crippen LogP contribution in [0.1, 0.15) is 400 Å². The summed E-state index contributed by atoms with van der Waals surface area (Å²) in [5.41, 5.74) is 0. The fraction of sp³-hybridized carbons (Fsp3) is 0.855. The molecule has 480 valence electrons. The highest BCUT2D eigenvalue weighted by Gasteiger charge is 2.19. The molecule has 0 saturated heterocycles. The van der Waals surface area contributed by atoms with E-state index in [1.807, 2.05) is 0 Å². The molecule has 0 amide bonds. The van der Waals surface area contributed by atoms with Crippen molar-refractivity contribution >= 4 is 17.9 Å². The van der Waals surface area contributed by atoms with E-state index >= 15 is 0 Å². The Morgan fingerprint density at radius 3 is 0.695 bits per heavy atom. The Labute approximate surface area is 511 Å². The van der Waals surface area contributed by atoms with E-state index < -0.39 is 6.10 Å². The summed E-state index contributed by atoms with van der Waals surface area (Å²) in [6.07, 6.45) is 90.0. The van der Waals surface area contributed by atoms with Crippen LogP contribution in [0.5, 0.6) is 0 Å². The van der Waals surface area contributed by atoms with Gasteiger partial charge < -0.3 is 14.2 Å². The normalized spacial score (nSPS) is 12.3.